The largest absolute Gasteiger partial charge is 0.480 e. The molecule has 3 aliphatic rings. The number of Topliss-reactive ketones (excluding diaryl/α,β-unsaturated/α-hetero) is 1. The van der Waals surface area contributed by atoms with Crippen LogP contribution in [-0.2, 0) is 30.2 Å². The number of hydrogen-bond donors (Lipinski definition) is 1. The summed E-state index contributed by atoms with van der Waals surface area (Å²) in [6, 6.07) is 4.97. The zero-order valence-corrected chi connectivity index (χ0v) is 28.8. The molecule has 10 nitrogen and oxygen atoms in total. The Morgan fingerprint density at radius 1 is 0.756 bits per heavy atom. The summed E-state index contributed by atoms with van der Waals surface area (Å²) in [7, 11) is 0. The van der Waals surface area contributed by atoms with Gasteiger partial charge in [0.25, 0.3) is 0 Å². The minimum atomic E-state index is -0.953. The summed E-state index contributed by atoms with van der Waals surface area (Å²) >= 11 is 0. The van der Waals surface area contributed by atoms with Crippen molar-refractivity contribution < 1.29 is 38.5 Å². The van der Waals surface area contributed by atoms with Gasteiger partial charge >= 0.3 is 18.2 Å². The number of aliphatic carboxylic acids is 1. The second-order valence-electron chi connectivity index (χ2n) is 14.0. The van der Waals surface area contributed by atoms with Gasteiger partial charge in [-0.25, -0.2) is 14.4 Å². The van der Waals surface area contributed by atoms with E-state index in [9.17, 15) is 19.2 Å². The maximum Gasteiger partial charge on any atom is 0.411 e. The number of likely N-dealkylation sites (tertiary alicyclic amines) is 2. The first kappa shape index (κ1) is 38.0. The van der Waals surface area contributed by atoms with Gasteiger partial charge in [0.05, 0.1) is 6.04 Å². The van der Waals surface area contributed by atoms with Gasteiger partial charge in [0, 0.05) is 32.7 Å². The first-order valence-corrected chi connectivity index (χ1v) is 16.4. The molecule has 4 rings (SSSR count). The molecule has 254 valence electrons. The molecule has 0 aliphatic carbocycles. The van der Waals surface area contributed by atoms with Crippen LogP contribution in [0.4, 0.5) is 9.59 Å². The minimum Gasteiger partial charge on any atom is -0.480 e. The Hall–Kier alpha value is -3.14. The molecule has 0 bridgehead atoms. The van der Waals surface area contributed by atoms with Crippen molar-refractivity contribution in [3.63, 3.8) is 0 Å². The number of carboxylic acids is 1. The van der Waals surface area contributed by atoms with E-state index in [4.69, 9.17) is 19.3 Å². The van der Waals surface area contributed by atoms with Crippen molar-refractivity contribution in [2.75, 3.05) is 26.3 Å². The fraction of sp³-hybridized carbons (Fsp3) is 0.714. The molecule has 0 aromatic heterocycles. The molecule has 2 unspecified atom stereocenters. The maximum absolute atomic E-state index is 12.9. The van der Waals surface area contributed by atoms with Crippen LogP contribution in [0.25, 0.3) is 0 Å². The highest BCUT2D eigenvalue weighted by molar-refractivity contribution is 5.89. The molecule has 0 saturated carbocycles. The van der Waals surface area contributed by atoms with Crippen LogP contribution in [0.3, 0.4) is 0 Å². The average Bonchev–Trinajstić information content (AvgIpc) is 3.54. The molecular weight excluding hydrogens is 576 g/mol. The first-order valence-electron chi connectivity index (χ1n) is 16.4. The number of ether oxygens (including phenoxy) is 3. The van der Waals surface area contributed by atoms with E-state index in [-0.39, 0.29) is 17.9 Å². The number of piperidine rings is 2. The van der Waals surface area contributed by atoms with Crippen LogP contribution in [0, 0.1) is 13.8 Å². The monoisotopic (exact) mass is 632 g/mol. The van der Waals surface area contributed by atoms with Crippen molar-refractivity contribution in [2.24, 2.45) is 0 Å². The van der Waals surface area contributed by atoms with Crippen LogP contribution in [0.15, 0.2) is 18.2 Å². The number of carbonyl (C=O) groups excluding carboxylic acids is 3. The predicted molar refractivity (Wildman–Crippen MR) is 173 cm³/mol. The highest BCUT2D eigenvalue weighted by atomic mass is 16.6. The van der Waals surface area contributed by atoms with Crippen LogP contribution >= 0.6 is 0 Å². The molecule has 45 heavy (non-hydrogen) atoms. The Kier molecular flexibility index (Phi) is 14.8. The molecule has 3 aliphatic heterocycles. The molecule has 1 aromatic rings. The Balaban J connectivity index is 0.000000286. The minimum absolute atomic E-state index is 0.109. The van der Waals surface area contributed by atoms with Crippen molar-refractivity contribution in [1.82, 2.24) is 9.80 Å². The highest BCUT2D eigenvalue weighted by Crippen LogP contribution is 2.24. The van der Waals surface area contributed by atoms with Gasteiger partial charge in [0.1, 0.15) is 17.2 Å². The Bertz CT molecular complexity index is 1110. The number of carbonyl (C=O) groups is 4. The molecule has 2 amide bonds. The summed E-state index contributed by atoms with van der Waals surface area (Å²) in [4.78, 5) is 51.1. The topological polar surface area (TPSA) is 123 Å². The SMILES string of the molecule is C1CCOC1.CC(C)(C)OC(=O)N1CCCCC1C(=O)O.Cc1cccc(C)c1CC(=O)C1CCCCN1C(=O)OC(C)(C)C. The lowest BCUT2D eigenvalue weighted by Crippen LogP contribution is -2.50. The Morgan fingerprint density at radius 3 is 1.60 bits per heavy atom. The van der Waals surface area contributed by atoms with E-state index in [0.29, 0.717) is 25.9 Å². The van der Waals surface area contributed by atoms with E-state index in [1.54, 1.807) is 25.7 Å². The summed E-state index contributed by atoms with van der Waals surface area (Å²) in [5.74, 6) is -0.844. The number of carboxylic acid groups (broad SMARTS) is 1. The average molecular weight is 633 g/mol. The number of hydrogen-bond acceptors (Lipinski definition) is 7. The first-order chi connectivity index (χ1) is 21.0. The number of ketones is 1. The lowest BCUT2D eigenvalue weighted by molar-refractivity contribution is -0.144. The van der Waals surface area contributed by atoms with Gasteiger partial charge in [-0.1, -0.05) is 18.2 Å². The summed E-state index contributed by atoms with van der Waals surface area (Å²) < 4.78 is 15.6. The molecule has 3 heterocycles. The molecule has 1 aromatic carbocycles. The van der Waals surface area contributed by atoms with Crippen LogP contribution < -0.4 is 0 Å². The molecule has 0 spiro atoms. The van der Waals surface area contributed by atoms with Crippen LogP contribution in [-0.4, -0.2) is 88.4 Å². The van der Waals surface area contributed by atoms with E-state index >= 15 is 0 Å². The van der Waals surface area contributed by atoms with Crippen molar-refractivity contribution in [3.8, 4) is 0 Å². The fourth-order valence-corrected chi connectivity index (χ4v) is 5.46. The number of aryl methyl sites for hydroxylation is 2. The third kappa shape index (κ3) is 13.4. The molecule has 2 atom stereocenters. The maximum atomic E-state index is 12.9. The summed E-state index contributed by atoms with van der Waals surface area (Å²) in [6.07, 6.45) is 6.84. The molecule has 0 radical (unpaired) electrons. The van der Waals surface area contributed by atoms with Crippen LogP contribution in [0.1, 0.15) is 110 Å². The fourth-order valence-electron chi connectivity index (χ4n) is 5.46. The van der Waals surface area contributed by atoms with Gasteiger partial charge in [-0.3, -0.25) is 14.6 Å². The summed E-state index contributed by atoms with van der Waals surface area (Å²) in [5.41, 5.74) is 2.20. The van der Waals surface area contributed by atoms with Crippen molar-refractivity contribution in [1.29, 1.82) is 0 Å². The third-order valence-corrected chi connectivity index (χ3v) is 7.74. The van der Waals surface area contributed by atoms with E-state index in [1.807, 2.05) is 52.8 Å². The summed E-state index contributed by atoms with van der Waals surface area (Å²) in [5, 5.41) is 9.01. The van der Waals surface area contributed by atoms with Crippen molar-refractivity contribution in [3.05, 3.63) is 34.9 Å². The Labute approximate surface area is 269 Å². The molecule has 10 heteroatoms. The molecular formula is C35H56N2O8. The van der Waals surface area contributed by atoms with Crippen molar-refractivity contribution in [2.45, 2.75) is 136 Å². The number of nitrogens with zero attached hydrogens (tertiary/aromatic N) is 2. The van der Waals surface area contributed by atoms with E-state index in [0.717, 1.165) is 62.0 Å². The zero-order chi connectivity index (χ0) is 33.8. The van der Waals surface area contributed by atoms with Gasteiger partial charge in [0.15, 0.2) is 5.78 Å². The van der Waals surface area contributed by atoms with Gasteiger partial charge in [-0.05, 0) is 123 Å². The van der Waals surface area contributed by atoms with Crippen LogP contribution in [0.2, 0.25) is 0 Å². The zero-order valence-electron chi connectivity index (χ0n) is 28.8. The van der Waals surface area contributed by atoms with Gasteiger partial charge < -0.3 is 19.3 Å². The highest BCUT2D eigenvalue weighted by Gasteiger charge is 2.36. The second-order valence-corrected chi connectivity index (χ2v) is 14.0. The van der Waals surface area contributed by atoms with E-state index in [1.165, 1.54) is 17.7 Å². The van der Waals surface area contributed by atoms with Gasteiger partial charge in [0.2, 0.25) is 0 Å². The molecule has 1 N–H and O–H groups in total. The standard InChI is InChI=1S/C20H29NO3.C11H19NO4.C4H8O/c1-14-9-8-10-15(2)16(14)13-18(22)17-11-6-7-12-21(17)19(23)24-20(3,4)5;1-11(2,3)16-10(15)12-7-5-4-6-8(12)9(13)14;1-2-4-5-3-1/h8-10,17H,6-7,11-13H2,1-5H3;8H,4-7H2,1-3H3,(H,13,14);1-4H2. The smallest absolute Gasteiger partial charge is 0.411 e. The van der Waals surface area contributed by atoms with E-state index in [2.05, 4.69) is 0 Å². The number of benzene rings is 1. The quantitative estimate of drug-likeness (QED) is 0.382. The lowest BCUT2D eigenvalue weighted by Gasteiger charge is -2.36. The van der Waals surface area contributed by atoms with Crippen LogP contribution in [0.5, 0.6) is 0 Å². The third-order valence-electron chi connectivity index (χ3n) is 7.74. The van der Waals surface area contributed by atoms with Gasteiger partial charge in [-0.2, -0.15) is 0 Å². The lowest BCUT2D eigenvalue weighted by atomic mass is 9.91. The van der Waals surface area contributed by atoms with E-state index < -0.39 is 29.3 Å². The summed E-state index contributed by atoms with van der Waals surface area (Å²) in [6.45, 7) is 18.0. The Morgan fingerprint density at radius 2 is 1.20 bits per heavy atom. The predicted octanol–water partition coefficient (Wildman–Crippen LogP) is 6.86. The number of amides is 2. The molecule has 3 saturated heterocycles. The van der Waals surface area contributed by atoms with Crippen molar-refractivity contribution >= 4 is 23.9 Å². The van der Waals surface area contributed by atoms with Gasteiger partial charge in [-0.15, -0.1) is 0 Å². The number of rotatable bonds is 4. The second kappa shape index (κ2) is 17.5. The molecule has 3 fully saturated rings. The normalized spacial score (nSPS) is 20.2.